The molecule has 2 fully saturated rings. The van der Waals surface area contributed by atoms with Gasteiger partial charge in [-0.15, -0.1) is 0 Å². The number of nitriles is 1. The normalized spacial score (nSPS) is 23.9. The van der Waals surface area contributed by atoms with Gasteiger partial charge in [-0.2, -0.15) is 5.26 Å². The van der Waals surface area contributed by atoms with Crippen LogP contribution < -0.4 is 4.74 Å². The molecule has 3 rings (SSSR count). The number of ether oxygens (including phenoxy) is 2. The summed E-state index contributed by atoms with van der Waals surface area (Å²) in [6, 6.07) is 6.17. The van der Waals surface area contributed by atoms with Crippen LogP contribution in [-0.2, 0) is 4.74 Å². The lowest BCUT2D eigenvalue weighted by Crippen LogP contribution is -2.27. The molecule has 20 heavy (non-hydrogen) atoms. The van der Waals surface area contributed by atoms with Crippen LogP contribution in [0.1, 0.15) is 44.1 Å². The molecule has 0 amide bonds. The first-order chi connectivity index (χ1) is 9.71. The molecular formula is C16H18FNO2. The van der Waals surface area contributed by atoms with E-state index in [4.69, 9.17) is 14.7 Å². The number of nitrogens with zero attached hydrogens (tertiary/aromatic N) is 1. The minimum atomic E-state index is -0.488. The molecule has 4 heteroatoms. The molecule has 1 saturated carbocycles. The van der Waals surface area contributed by atoms with E-state index < -0.39 is 5.82 Å². The molecule has 1 unspecified atom stereocenters. The van der Waals surface area contributed by atoms with Crippen molar-refractivity contribution in [2.75, 3.05) is 6.61 Å². The fraction of sp³-hybridized carbons (Fsp3) is 0.562. The second-order valence-electron chi connectivity index (χ2n) is 5.74. The molecule has 2 aliphatic rings. The Morgan fingerprint density at radius 2 is 2.15 bits per heavy atom. The van der Waals surface area contributed by atoms with Crippen LogP contribution >= 0.6 is 0 Å². The number of hydrogen-bond acceptors (Lipinski definition) is 3. The van der Waals surface area contributed by atoms with Crippen molar-refractivity contribution in [3.8, 4) is 11.8 Å². The van der Waals surface area contributed by atoms with Gasteiger partial charge in [0.25, 0.3) is 0 Å². The molecule has 1 heterocycles. The summed E-state index contributed by atoms with van der Waals surface area (Å²) >= 11 is 0. The van der Waals surface area contributed by atoms with Gasteiger partial charge in [0.2, 0.25) is 0 Å². The number of halogens is 1. The number of rotatable bonds is 3. The van der Waals surface area contributed by atoms with Crippen molar-refractivity contribution in [3.63, 3.8) is 0 Å². The average molecular weight is 275 g/mol. The Morgan fingerprint density at radius 3 is 2.85 bits per heavy atom. The highest BCUT2D eigenvalue weighted by Crippen LogP contribution is 2.43. The summed E-state index contributed by atoms with van der Waals surface area (Å²) in [4.78, 5) is 0. The van der Waals surface area contributed by atoms with Gasteiger partial charge in [0.05, 0.1) is 23.3 Å². The van der Waals surface area contributed by atoms with Crippen molar-refractivity contribution in [1.29, 1.82) is 5.26 Å². The van der Waals surface area contributed by atoms with Gasteiger partial charge in [-0.05, 0) is 43.9 Å². The molecule has 1 saturated heterocycles. The largest absolute Gasteiger partial charge is 0.488 e. The van der Waals surface area contributed by atoms with E-state index in [1.165, 1.54) is 25.0 Å². The predicted molar refractivity (Wildman–Crippen MR) is 71.9 cm³/mol. The lowest BCUT2D eigenvalue weighted by atomic mass is 9.98. The van der Waals surface area contributed by atoms with E-state index >= 15 is 0 Å². The van der Waals surface area contributed by atoms with E-state index in [0.29, 0.717) is 12.2 Å². The first-order valence-electron chi connectivity index (χ1n) is 7.21. The minimum absolute atomic E-state index is 0.0585. The molecule has 1 aliphatic carbocycles. The van der Waals surface area contributed by atoms with Crippen molar-refractivity contribution in [3.05, 3.63) is 29.6 Å². The van der Waals surface area contributed by atoms with Crippen LogP contribution in [0.25, 0.3) is 0 Å². The fourth-order valence-electron chi connectivity index (χ4n) is 3.27. The molecule has 1 aliphatic heterocycles. The van der Waals surface area contributed by atoms with Crippen molar-refractivity contribution < 1.29 is 13.9 Å². The Bertz CT molecular complexity index is 532. The second kappa shape index (κ2) is 5.41. The highest BCUT2D eigenvalue weighted by atomic mass is 19.1. The molecule has 0 radical (unpaired) electrons. The second-order valence-corrected chi connectivity index (χ2v) is 5.74. The Morgan fingerprint density at radius 1 is 1.35 bits per heavy atom. The van der Waals surface area contributed by atoms with Crippen LogP contribution in [0, 0.1) is 17.1 Å². The molecule has 0 bridgehead atoms. The Labute approximate surface area is 118 Å². The summed E-state index contributed by atoms with van der Waals surface area (Å²) in [6.45, 7) is 0.380. The standard InChI is InChI=1S/C16H18FNO2/c17-14-9-12(10-18)3-4-15(14)19-11-13-5-8-16(20-13)6-1-2-7-16/h3-4,9,13H,1-2,5-8,11H2. The first-order valence-corrected chi connectivity index (χ1v) is 7.21. The maximum absolute atomic E-state index is 13.7. The van der Waals surface area contributed by atoms with E-state index in [9.17, 15) is 4.39 Å². The summed E-state index contributed by atoms with van der Waals surface area (Å²) in [7, 11) is 0. The van der Waals surface area contributed by atoms with Gasteiger partial charge < -0.3 is 9.47 Å². The van der Waals surface area contributed by atoms with Gasteiger partial charge in [-0.25, -0.2) is 4.39 Å². The molecule has 1 aromatic rings. The third kappa shape index (κ3) is 2.64. The first kappa shape index (κ1) is 13.4. The smallest absolute Gasteiger partial charge is 0.166 e. The molecule has 1 atom stereocenters. The maximum atomic E-state index is 13.7. The quantitative estimate of drug-likeness (QED) is 0.847. The van der Waals surface area contributed by atoms with Crippen LogP contribution in [0.3, 0.4) is 0 Å². The molecule has 3 nitrogen and oxygen atoms in total. The molecule has 0 aromatic heterocycles. The Hall–Kier alpha value is -1.60. The third-order valence-electron chi connectivity index (χ3n) is 4.34. The highest BCUT2D eigenvalue weighted by molar-refractivity contribution is 5.35. The minimum Gasteiger partial charge on any atom is -0.488 e. The topological polar surface area (TPSA) is 42.2 Å². The Balaban J connectivity index is 1.57. The van der Waals surface area contributed by atoms with Crippen LogP contribution in [0.2, 0.25) is 0 Å². The zero-order valence-electron chi connectivity index (χ0n) is 11.4. The van der Waals surface area contributed by atoms with Crippen LogP contribution in [0.4, 0.5) is 4.39 Å². The van der Waals surface area contributed by atoms with Crippen LogP contribution in [0.15, 0.2) is 18.2 Å². The zero-order valence-corrected chi connectivity index (χ0v) is 11.4. The molecular weight excluding hydrogens is 257 g/mol. The van der Waals surface area contributed by atoms with Crippen molar-refractivity contribution in [1.82, 2.24) is 0 Å². The molecule has 106 valence electrons. The molecule has 1 spiro atoms. The maximum Gasteiger partial charge on any atom is 0.166 e. The lowest BCUT2D eigenvalue weighted by molar-refractivity contribution is -0.0512. The summed E-state index contributed by atoms with van der Waals surface area (Å²) in [6.07, 6.45) is 6.93. The van der Waals surface area contributed by atoms with E-state index in [2.05, 4.69) is 0 Å². The average Bonchev–Trinajstić information content (AvgIpc) is 3.08. The monoisotopic (exact) mass is 275 g/mol. The predicted octanol–water partition coefficient (Wildman–Crippen LogP) is 3.57. The van der Waals surface area contributed by atoms with Gasteiger partial charge in [0.15, 0.2) is 11.6 Å². The third-order valence-corrected chi connectivity index (χ3v) is 4.34. The van der Waals surface area contributed by atoms with Gasteiger partial charge in [0.1, 0.15) is 6.61 Å². The van der Waals surface area contributed by atoms with Crippen molar-refractivity contribution >= 4 is 0 Å². The van der Waals surface area contributed by atoms with Crippen molar-refractivity contribution in [2.24, 2.45) is 0 Å². The number of benzene rings is 1. The Kier molecular flexibility index (Phi) is 3.62. The van der Waals surface area contributed by atoms with Crippen molar-refractivity contribution in [2.45, 2.75) is 50.2 Å². The van der Waals surface area contributed by atoms with E-state index in [1.807, 2.05) is 6.07 Å². The van der Waals surface area contributed by atoms with Gasteiger partial charge in [-0.1, -0.05) is 12.8 Å². The van der Waals surface area contributed by atoms with Crippen LogP contribution in [-0.4, -0.2) is 18.3 Å². The van der Waals surface area contributed by atoms with Crippen LogP contribution in [0.5, 0.6) is 5.75 Å². The van der Waals surface area contributed by atoms with Gasteiger partial charge >= 0.3 is 0 Å². The highest BCUT2D eigenvalue weighted by Gasteiger charge is 2.42. The van der Waals surface area contributed by atoms with E-state index in [-0.39, 0.29) is 17.5 Å². The summed E-state index contributed by atoms with van der Waals surface area (Å²) in [5.74, 6) is -0.294. The van der Waals surface area contributed by atoms with E-state index in [0.717, 1.165) is 25.7 Å². The van der Waals surface area contributed by atoms with Gasteiger partial charge in [-0.3, -0.25) is 0 Å². The number of hydrogen-bond donors (Lipinski definition) is 0. The SMILES string of the molecule is N#Cc1ccc(OCC2CCC3(CCCC3)O2)c(F)c1. The summed E-state index contributed by atoms with van der Waals surface area (Å²) in [5.41, 5.74) is 0.383. The lowest BCUT2D eigenvalue weighted by Gasteiger charge is -2.23. The van der Waals surface area contributed by atoms with E-state index in [1.54, 1.807) is 6.07 Å². The molecule has 0 N–H and O–H groups in total. The van der Waals surface area contributed by atoms with Gasteiger partial charge in [0, 0.05) is 0 Å². The zero-order chi connectivity index (χ0) is 14.0. The summed E-state index contributed by atoms with van der Waals surface area (Å²) in [5, 5.41) is 8.70. The fourth-order valence-corrected chi connectivity index (χ4v) is 3.27. The molecule has 1 aromatic carbocycles. The summed E-state index contributed by atoms with van der Waals surface area (Å²) < 4.78 is 25.3.